The molecule has 2 aromatic rings. The van der Waals surface area contributed by atoms with Crippen molar-refractivity contribution in [1.29, 1.82) is 0 Å². The van der Waals surface area contributed by atoms with Gasteiger partial charge in [0.1, 0.15) is 5.75 Å². The van der Waals surface area contributed by atoms with Gasteiger partial charge in [0.25, 0.3) is 0 Å². The van der Waals surface area contributed by atoms with E-state index in [0.29, 0.717) is 24.2 Å². The molecule has 2 aromatic carbocycles. The second-order valence-electron chi connectivity index (χ2n) is 8.90. The van der Waals surface area contributed by atoms with E-state index in [2.05, 4.69) is 21.3 Å². The molecule has 182 valence electrons. The number of para-hydroxylation sites is 1. The molecule has 0 bridgehead atoms. The fourth-order valence-corrected chi connectivity index (χ4v) is 4.83. The normalized spacial score (nSPS) is 24.1. The second kappa shape index (κ2) is 9.25. The third kappa shape index (κ3) is 5.17. The monoisotopic (exact) mass is 476 g/mol. The third-order valence-electron chi connectivity index (χ3n) is 6.67. The molecule has 1 aliphatic carbocycles. The molecule has 0 spiro atoms. The van der Waals surface area contributed by atoms with E-state index in [-0.39, 0.29) is 29.7 Å². The van der Waals surface area contributed by atoms with Crippen LogP contribution >= 0.6 is 0 Å². The summed E-state index contributed by atoms with van der Waals surface area (Å²) in [5.74, 6) is 2.81. The van der Waals surface area contributed by atoms with Crippen molar-refractivity contribution in [3.05, 3.63) is 48.0 Å². The van der Waals surface area contributed by atoms with Gasteiger partial charge >= 0.3 is 6.36 Å². The average Bonchev–Trinajstić information content (AvgIpc) is 3.20. The maximum Gasteiger partial charge on any atom is 0.573 e. The minimum atomic E-state index is -4.74. The van der Waals surface area contributed by atoms with Gasteiger partial charge in [0.15, 0.2) is 0 Å². The fourth-order valence-electron chi connectivity index (χ4n) is 4.83. The Hall–Kier alpha value is -3.13. The molecule has 1 unspecified atom stereocenters. The van der Waals surface area contributed by atoms with Crippen molar-refractivity contribution in [2.45, 2.75) is 45.1 Å². The molecule has 0 radical (unpaired) electrons. The number of terminal acetylenes is 1. The summed E-state index contributed by atoms with van der Waals surface area (Å²) in [7, 11) is 0. The first-order valence-electron chi connectivity index (χ1n) is 11.0. The summed E-state index contributed by atoms with van der Waals surface area (Å²) in [6.45, 7) is 2.11. The number of hydrazine groups is 1. The van der Waals surface area contributed by atoms with Crippen molar-refractivity contribution < 1.29 is 28.3 Å². The molecular weight excluding hydrogens is 449 g/mol. The number of anilines is 3. The van der Waals surface area contributed by atoms with Gasteiger partial charge in [-0.05, 0) is 62.3 Å². The molecule has 1 fully saturated rings. The van der Waals surface area contributed by atoms with Crippen LogP contribution in [0.3, 0.4) is 0 Å². The van der Waals surface area contributed by atoms with Gasteiger partial charge in [-0.15, -0.1) is 19.6 Å². The van der Waals surface area contributed by atoms with Crippen molar-refractivity contribution in [2.75, 3.05) is 22.2 Å². The lowest BCUT2D eigenvalue weighted by molar-refractivity contribution is -0.316. The van der Waals surface area contributed by atoms with Crippen molar-refractivity contribution in [1.82, 2.24) is 5.34 Å². The van der Waals surface area contributed by atoms with E-state index >= 15 is 0 Å². The van der Waals surface area contributed by atoms with E-state index in [0.717, 1.165) is 24.1 Å². The number of aryl methyl sites for hydroxylation is 1. The van der Waals surface area contributed by atoms with E-state index in [9.17, 15) is 23.6 Å². The molecule has 0 aromatic heterocycles. The van der Waals surface area contributed by atoms with Crippen molar-refractivity contribution in [3.8, 4) is 18.1 Å². The predicted octanol–water partition coefficient (Wildman–Crippen LogP) is 5.37. The number of nitrogens with one attached hydrogen (secondary N) is 2. The molecule has 1 saturated carbocycles. The zero-order chi connectivity index (χ0) is 24.5. The van der Waals surface area contributed by atoms with E-state index in [1.807, 2.05) is 25.1 Å². The van der Waals surface area contributed by atoms with Crippen molar-refractivity contribution in [3.63, 3.8) is 0 Å². The summed E-state index contributed by atoms with van der Waals surface area (Å²) in [5.41, 5.74) is 2.23. The number of rotatable bonds is 6. The molecule has 1 heterocycles. The van der Waals surface area contributed by atoms with Gasteiger partial charge in [-0.25, -0.2) is 0 Å². The molecule has 0 saturated heterocycles. The highest BCUT2D eigenvalue weighted by molar-refractivity contribution is 5.76. The smallest absolute Gasteiger partial charge is 0.406 e. The number of fused-ring (bicyclic) bond motifs is 1. The molecule has 0 amide bonds. The van der Waals surface area contributed by atoms with E-state index < -0.39 is 11.8 Å². The number of benzene rings is 2. The zero-order valence-electron chi connectivity index (χ0n) is 18.6. The van der Waals surface area contributed by atoms with Crippen LogP contribution in [-0.4, -0.2) is 34.8 Å². The summed E-state index contributed by atoms with van der Waals surface area (Å²) >= 11 is 0. The Kier molecular flexibility index (Phi) is 6.53. The Morgan fingerprint density at radius 2 is 1.79 bits per heavy atom. The first kappa shape index (κ1) is 24.0. The second-order valence-corrected chi connectivity index (χ2v) is 8.90. The fraction of sp³-hybridized carbons (Fsp3) is 0.417. The number of hydrogen-bond acceptors (Lipinski definition) is 7. The molecule has 34 heavy (non-hydrogen) atoms. The van der Waals surface area contributed by atoms with Crippen molar-refractivity contribution >= 4 is 17.1 Å². The minimum absolute atomic E-state index is 0.0881. The van der Waals surface area contributed by atoms with Gasteiger partial charge in [-0.1, -0.05) is 24.1 Å². The molecule has 2 aliphatic rings. The highest BCUT2D eigenvalue weighted by Gasteiger charge is 2.40. The van der Waals surface area contributed by atoms with E-state index in [1.165, 1.54) is 17.1 Å². The number of hydrogen-bond donors (Lipinski definition) is 4. The highest BCUT2D eigenvalue weighted by Crippen LogP contribution is 2.44. The number of nitrogens with zero attached hydrogens (tertiary/aromatic N) is 2. The topological polar surface area (TPSA) is 80.2 Å². The van der Waals surface area contributed by atoms with Gasteiger partial charge in [0, 0.05) is 11.4 Å². The van der Waals surface area contributed by atoms with Gasteiger partial charge < -0.3 is 15.4 Å². The minimum Gasteiger partial charge on any atom is -0.406 e. The quantitative estimate of drug-likeness (QED) is 0.330. The number of halogens is 3. The predicted molar refractivity (Wildman–Crippen MR) is 121 cm³/mol. The first-order chi connectivity index (χ1) is 16.1. The lowest BCUT2D eigenvalue weighted by atomic mass is 9.70. The molecule has 4 rings (SSSR count). The molecule has 1 atom stereocenters. The van der Waals surface area contributed by atoms with Gasteiger partial charge in [0.05, 0.1) is 35.2 Å². The number of ether oxygens (including phenoxy) is 1. The van der Waals surface area contributed by atoms with Crippen LogP contribution in [0.1, 0.15) is 31.2 Å². The summed E-state index contributed by atoms with van der Waals surface area (Å²) in [6, 6.07) is 11.5. The Morgan fingerprint density at radius 1 is 1.12 bits per heavy atom. The lowest BCUT2D eigenvalue weighted by Crippen LogP contribution is -2.48. The Bertz CT molecular complexity index is 1060. The summed E-state index contributed by atoms with van der Waals surface area (Å²) in [4.78, 5) is 0. The molecule has 1 aliphatic heterocycles. The first-order valence-corrected chi connectivity index (χ1v) is 11.0. The zero-order valence-corrected chi connectivity index (χ0v) is 18.6. The van der Waals surface area contributed by atoms with Gasteiger partial charge in [0.2, 0.25) is 0 Å². The van der Waals surface area contributed by atoms with Gasteiger partial charge in [-0.3, -0.25) is 15.4 Å². The van der Waals surface area contributed by atoms with Crippen LogP contribution in [0.25, 0.3) is 0 Å². The summed E-state index contributed by atoms with van der Waals surface area (Å²) in [6.07, 6.45) is 3.88. The SMILES string of the molecule is C#CC1(CN(c2ccccc2C)N(O)O)CCC(C2Nc3ccc(OC(F)(F)F)cc3N2)CC1. The van der Waals surface area contributed by atoms with Crippen LogP contribution in [0, 0.1) is 30.6 Å². The van der Waals surface area contributed by atoms with Crippen LogP contribution in [0.15, 0.2) is 42.5 Å². The standard InChI is InChI=1S/C24H27F3N4O3/c1-3-23(15-30(31(32)33)21-7-5-4-6-16(21)2)12-10-17(11-13-23)22-28-19-9-8-18(14-20(19)29-22)34-24(25,26)27/h1,4-9,14,17,22,28-29,32-33H,10-13,15H2,2H3. The molecule has 7 nitrogen and oxygen atoms in total. The van der Waals surface area contributed by atoms with E-state index in [1.54, 1.807) is 12.1 Å². The maximum atomic E-state index is 12.5. The van der Waals surface area contributed by atoms with Crippen LogP contribution in [-0.2, 0) is 0 Å². The summed E-state index contributed by atoms with van der Waals surface area (Å²) < 4.78 is 41.6. The third-order valence-corrected chi connectivity index (χ3v) is 6.67. The van der Waals surface area contributed by atoms with E-state index in [4.69, 9.17) is 6.42 Å². The van der Waals surface area contributed by atoms with Crippen LogP contribution in [0.2, 0.25) is 0 Å². The van der Waals surface area contributed by atoms with Crippen LogP contribution in [0.5, 0.6) is 5.75 Å². The Morgan fingerprint density at radius 3 is 2.41 bits per heavy atom. The van der Waals surface area contributed by atoms with Gasteiger partial charge in [-0.2, -0.15) is 0 Å². The van der Waals surface area contributed by atoms with Crippen molar-refractivity contribution in [2.24, 2.45) is 11.3 Å². The van der Waals surface area contributed by atoms with Crippen LogP contribution in [0.4, 0.5) is 30.2 Å². The Labute approximate surface area is 196 Å². The number of alkyl halides is 3. The molecule has 10 heteroatoms. The lowest BCUT2D eigenvalue weighted by Gasteiger charge is -2.42. The summed E-state index contributed by atoms with van der Waals surface area (Å²) in [5, 5.41) is 27.8. The highest BCUT2D eigenvalue weighted by atomic mass is 19.4. The molecular formula is C24H27F3N4O3. The largest absolute Gasteiger partial charge is 0.573 e. The maximum absolute atomic E-state index is 12.5. The Balaban J connectivity index is 1.41. The molecule has 4 N–H and O–H groups in total. The average molecular weight is 476 g/mol. The van der Waals surface area contributed by atoms with Crippen LogP contribution < -0.4 is 20.4 Å².